The van der Waals surface area contributed by atoms with E-state index >= 15 is 0 Å². The van der Waals surface area contributed by atoms with Crippen LogP contribution in [0.1, 0.15) is 19.3 Å². The Kier molecular flexibility index (Phi) is 4.96. The zero-order chi connectivity index (χ0) is 16.9. The lowest BCUT2D eigenvalue weighted by atomic mass is 10.0. The number of carbonyl (C=O) groups is 1. The first-order valence-corrected chi connectivity index (χ1v) is 8.15. The molecule has 1 saturated carbocycles. The number of hydrogen-bond donors (Lipinski definition) is 2. The molecular weight excluding hydrogens is 324 g/mol. The molecule has 5 heteroatoms. The largest absolute Gasteiger partial charge is 0.465 e. The van der Waals surface area contributed by atoms with Crippen LogP contribution in [-0.4, -0.2) is 16.2 Å². The summed E-state index contributed by atoms with van der Waals surface area (Å²) in [6.07, 6.45) is 5.02. The van der Waals surface area contributed by atoms with E-state index in [4.69, 9.17) is 16.7 Å². The van der Waals surface area contributed by atoms with Crippen LogP contribution in [-0.2, 0) is 0 Å². The van der Waals surface area contributed by atoms with Crippen LogP contribution in [0, 0.1) is 0 Å². The molecule has 1 fully saturated rings. The topological polar surface area (TPSA) is 62.2 Å². The van der Waals surface area contributed by atoms with Crippen molar-refractivity contribution < 1.29 is 9.90 Å². The van der Waals surface area contributed by atoms with E-state index < -0.39 is 6.09 Å². The number of aromatic nitrogens is 1. The van der Waals surface area contributed by atoms with Crippen molar-refractivity contribution in [2.45, 2.75) is 19.3 Å². The summed E-state index contributed by atoms with van der Waals surface area (Å²) < 4.78 is 0. The van der Waals surface area contributed by atoms with E-state index in [0.717, 1.165) is 21.9 Å². The van der Waals surface area contributed by atoms with Crippen LogP contribution < -0.4 is 5.32 Å². The van der Waals surface area contributed by atoms with Gasteiger partial charge in [-0.3, -0.25) is 5.32 Å². The Morgan fingerprint density at radius 1 is 1.00 bits per heavy atom. The highest BCUT2D eigenvalue weighted by Gasteiger charge is 2.04. The van der Waals surface area contributed by atoms with Crippen molar-refractivity contribution in [1.29, 1.82) is 0 Å². The molecule has 0 aliphatic heterocycles. The molecule has 1 aromatic heterocycles. The van der Waals surface area contributed by atoms with Crippen molar-refractivity contribution in [2.24, 2.45) is 0 Å². The lowest BCUT2D eigenvalue weighted by Gasteiger charge is -2.06. The number of nitrogens with zero attached hydrogens (tertiary/aromatic N) is 1. The molecule has 122 valence electrons. The second-order valence-corrected chi connectivity index (χ2v) is 6.07. The average Bonchev–Trinajstić information content (AvgIpc) is 3.42. The van der Waals surface area contributed by atoms with Gasteiger partial charge in [0, 0.05) is 16.6 Å². The molecular formula is C19H17ClN2O2. The van der Waals surface area contributed by atoms with E-state index in [9.17, 15) is 4.79 Å². The Labute approximate surface area is 145 Å². The number of amides is 1. The van der Waals surface area contributed by atoms with Crippen molar-refractivity contribution in [3.8, 4) is 11.1 Å². The summed E-state index contributed by atoms with van der Waals surface area (Å²) in [5.41, 5.74) is 2.06. The Balaban J connectivity index is 0.000000508. The highest BCUT2D eigenvalue weighted by Crippen LogP contribution is 2.27. The number of halogens is 1. The highest BCUT2D eigenvalue weighted by atomic mass is 35.5. The Hall–Kier alpha value is -2.59. The third-order valence-electron chi connectivity index (χ3n) is 3.47. The first kappa shape index (κ1) is 16.3. The number of nitrogens with one attached hydrogen (secondary N) is 1. The molecule has 0 radical (unpaired) electrons. The van der Waals surface area contributed by atoms with Crippen molar-refractivity contribution in [1.82, 2.24) is 4.98 Å². The van der Waals surface area contributed by atoms with Gasteiger partial charge in [-0.05, 0) is 40.8 Å². The van der Waals surface area contributed by atoms with Crippen molar-refractivity contribution in [3.63, 3.8) is 0 Å². The molecule has 2 N–H and O–H groups in total. The van der Waals surface area contributed by atoms with Gasteiger partial charge in [0.25, 0.3) is 0 Å². The number of benzene rings is 2. The van der Waals surface area contributed by atoms with Gasteiger partial charge in [0.05, 0.1) is 0 Å². The summed E-state index contributed by atoms with van der Waals surface area (Å²) in [5, 5.41) is 13.5. The number of carboxylic acid groups (broad SMARTS) is 1. The summed E-state index contributed by atoms with van der Waals surface area (Å²) in [4.78, 5) is 14.7. The minimum atomic E-state index is -1.13. The van der Waals surface area contributed by atoms with E-state index in [-0.39, 0.29) is 0 Å². The molecule has 1 heterocycles. The molecule has 4 nitrogen and oxygen atoms in total. The Morgan fingerprint density at radius 3 is 2.42 bits per heavy atom. The van der Waals surface area contributed by atoms with Crippen molar-refractivity contribution in [3.05, 3.63) is 59.8 Å². The predicted molar refractivity (Wildman–Crippen MR) is 97.7 cm³/mol. The molecule has 1 aliphatic rings. The molecule has 4 rings (SSSR count). The molecule has 1 aliphatic carbocycles. The fraction of sp³-hybridized carbons (Fsp3) is 0.158. The molecule has 2 aromatic carbocycles. The maximum absolute atomic E-state index is 10.6. The van der Waals surface area contributed by atoms with Crippen LogP contribution >= 0.6 is 11.6 Å². The lowest BCUT2D eigenvalue weighted by molar-refractivity contribution is 0.209. The van der Waals surface area contributed by atoms with Gasteiger partial charge >= 0.3 is 6.09 Å². The molecule has 0 atom stereocenters. The Bertz CT molecular complexity index is 875. The fourth-order valence-corrected chi connectivity index (χ4v) is 2.36. The van der Waals surface area contributed by atoms with Crippen LogP contribution in [0.25, 0.3) is 21.9 Å². The fourth-order valence-electron chi connectivity index (χ4n) is 2.17. The number of pyridine rings is 1. The van der Waals surface area contributed by atoms with Crippen LogP contribution in [0.4, 0.5) is 10.6 Å². The molecule has 24 heavy (non-hydrogen) atoms. The van der Waals surface area contributed by atoms with Crippen LogP contribution in [0.3, 0.4) is 0 Å². The summed E-state index contributed by atoms with van der Waals surface area (Å²) in [7, 11) is 0. The number of rotatable bonds is 2. The molecule has 1 amide bonds. The second-order valence-electron chi connectivity index (χ2n) is 5.63. The smallest absolute Gasteiger partial charge is 0.410 e. The summed E-state index contributed by atoms with van der Waals surface area (Å²) >= 11 is 6.01. The summed E-state index contributed by atoms with van der Waals surface area (Å²) in [5.74, 6) is 0.311. The molecule has 0 saturated heterocycles. The van der Waals surface area contributed by atoms with Gasteiger partial charge in [-0.2, -0.15) is 0 Å². The van der Waals surface area contributed by atoms with Gasteiger partial charge < -0.3 is 5.11 Å². The third kappa shape index (κ3) is 4.46. The van der Waals surface area contributed by atoms with E-state index in [1.54, 1.807) is 12.3 Å². The van der Waals surface area contributed by atoms with Crippen LogP contribution in [0.15, 0.2) is 54.7 Å². The first-order chi connectivity index (χ1) is 11.6. The van der Waals surface area contributed by atoms with Gasteiger partial charge in [-0.1, -0.05) is 55.1 Å². The molecule has 3 aromatic rings. The average molecular weight is 341 g/mol. The van der Waals surface area contributed by atoms with E-state index in [1.807, 2.05) is 42.5 Å². The zero-order valence-corrected chi connectivity index (χ0v) is 13.8. The monoisotopic (exact) mass is 340 g/mol. The second kappa shape index (κ2) is 7.32. The molecule has 0 spiro atoms. The van der Waals surface area contributed by atoms with Crippen molar-refractivity contribution in [2.75, 3.05) is 5.32 Å². The van der Waals surface area contributed by atoms with Gasteiger partial charge in [0.15, 0.2) is 0 Å². The normalized spacial score (nSPS) is 12.2. The number of anilines is 1. The van der Waals surface area contributed by atoms with E-state index in [1.165, 1.54) is 19.3 Å². The maximum Gasteiger partial charge on any atom is 0.410 e. The van der Waals surface area contributed by atoms with E-state index in [0.29, 0.717) is 10.8 Å². The van der Waals surface area contributed by atoms with Gasteiger partial charge in [-0.25, -0.2) is 9.78 Å². The first-order valence-electron chi connectivity index (χ1n) is 7.77. The van der Waals surface area contributed by atoms with Gasteiger partial charge in [0.2, 0.25) is 0 Å². The lowest BCUT2D eigenvalue weighted by Crippen LogP contribution is -2.08. The quantitative estimate of drug-likeness (QED) is 0.618. The SMILES string of the molecule is C1CC1.O=C(O)Nc1cc2ccc(-c3cccc(Cl)c3)cc2cn1. The minimum Gasteiger partial charge on any atom is -0.465 e. The minimum absolute atomic E-state index is 0.311. The number of hydrogen-bond acceptors (Lipinski definition) is 2. The summed E-state index contributed by atoms with van der Waals surface area (Å²) in [6, 6.07) is 15.2. The van der Waals surface area contributed by atoms with Crippen LogP contribution in [0.5, 0.6) is 0 Å². The highest BCUT2D eigenvalue weighted by molar-refractivity contribution is 6.30. The number of fused-ring (bicyclic) bond motifs is 1. The van der Waals surface area contributed by atoms with Crippen LogP contribution in [0.2, 0.25) is 5.02 Å². The van der Waals surface area contributed by atoms with Crippen molar-refractivity contribution >= 4 is 34.3 Å². The Morgan fingerprint density at radius 2 is 1.75 bits per heavy atom. The third-order valence-corrected chi connectivity index (χ3v) is 3.70. The van der Waals surface area contributed by atoms with Gasteiger partial charge in [0.1, 0.15) is 5.82 Å². The molecule has 0 unspecified atom stereocenters. The zero-order valence-electron chi connectivity index (χ0n) is 13.0. The molecule has 0 bridgehead atoms. The standard InChI is InChI=1S/C16H11ClN2O2.C3H6/c17-14-3-1-2-10(7-14)11-4-5-12-8-15(19-16(20)21)18-9-13(12)6-11;1-2-3-1/h1-9H,(H,18,19)(H,20,21);1-3H2. The predicted octanol–water partition coefficient (Wildman–Crippen LogP) is 5.82. The summed E-state index contributed by atoms with van der Waals surface area (Å²) in [6.45, 7) is 0. The maximum atomic E-state index is 10.6. The van der Waals surface area contributed by atoms with E-state index in [2.05, 4.69) is 10.3 Å². The van der Waals surface area contributed by atoms with Gasteiger partial charge in [-0.15, -0.1) is 0 Å².